The second-order valence-electron chi connectivity index (χ2n) is 9.41. The molecule has 0 spiro atoms. The molecule has 5 rings (SSSR count). The van der Waals surface area contributed by atoms with Crippen LogP contribution >= 0.6 is 23.1 Å². The van der Waals surface area contributed by atoms with Crippen molar-refractivity contribution in [2.75, 3.05) is 6.26 Å². The van der Waals surface area contributed by atoms with Gasteiger partial charge in [-0.05, 0) is 66.8 Å². The number of aliphatic hydroxyl groups is 1. The van der Waals surface area contributed by atoms with E-state index in [0.29, 0.717) is 18.4 Å². The van der Waals surface area contributed by atoms with Gasteiger partial charge in [0.05, 0.1) is 17.0 Å². The molecule has 2 aromatic carbocycles. The molecule has 0 bridgehead atoms. The number of benzene rings is 2. The third kappa shape index (κ3) is 5.10. The summed E-state index contributed by atoms with van der Waals surface area (Å²) in [4.78, 5) is 6.00. The van der Waals surface area contributed by atoms with Crippen LogP contribution in [0.5, 0.6) is 0 Å². The highest BCUT2D eigenvalue weighted by atomic mass is 32.2. The monoisotopic (exact) mass is 578 g/mol. The average Bonchev–Trinajstić information content (AvgIpc) is 3.66. The highest BCUT2D eigenvalue weighted by Crippen LogP contribution is 2.43. The predicted octanol–water partition coefficient (Wildman–Crippen LogP) is 6.63. The molecule has 0 amide bonds. The van der Waals surface area contributed by atoms with E-state index in [1.807, 2.05) is 42.7 Å². The third-order valence-corrected chi connectivity index (χ3v) is 10.7. The van der Waals surface area contributed by atoms with Crippen molar-refractivity contribution < 1.29 is 26.7 Å². The molecule has 5 nitrogen and oxygen atoms in total. The van der Waals surface area contributed by atoms with Gasteiger partial charge in [-0.25, -0.2) is 13.1 Å². The summed E-state index contributed by atoms with van der Waals surface area (Å²) in [5, 5.41) is 10.6. The fourth-order valence-corrected chi connectivity index (χ4v) is 7.79. The molecule has 4 aromatic rings. The fourth-order valence-electron chi connectivity index (χ4n) is 4.29. The lowest BCUT2D eigenvalue weighted by Crippen LogP contribution is -2.39. The number of rotatable bonds is 8. The molecule has 2 heterocycles. The zero-order valence-corrected chi connectivity index (χ0v) is 22.9. The lowest BCUT2D eigenvalue weighted by atomic mass is 9.94. The molecule has 1 aliphatic rings. The molecule has 2 N–H and O–H groups in total. The van der Waals surface area contributed by atoms with E-state index in [1.54, 1.807) is 12.1 Å². The minimum atomic E-state index is -4.86. The molecule has 1 aliphatic carbocycles. The minimum Gasteiger partial charge on any atom is -0.376 e. The molecule has 1 fully saturated rings. The average molecular weight is 579 g/mol. The normalized spacial score (nSPS) is 16.9. The van der Waals surface area contributed by atoms with Gasteiger partial charge < -0.3 is 5.11 Å². The SMILES string of the molecule is CSc1ccccc1C(NS(=O)(=O)C1CC1)c1cc2cccc(-c3cc([C@](C)(O)C(F)(F)F)ccn3)c2s1. The van der Waals surface area contributed by atoms with Crippen molar-refractivity contribution in [3.05, 3.63) is 82.9 Å². The van der Waals surface area contributed by atoms with Gasteiger partial charge in [-0.2, -0.15) is 13.2 Å². The Hall–Kier alpha value is -2.44. The van der Waals surface area contributed by atoms with Crippen LogP contribution in [-0.4, -0.2) is 36.2 Å². The molecule has 11 heteroatoms. The van der Waals surface area contributed by atoms with Gasteiger partial charge in [0.25, 0.3) is 0 Å². The van der Waals surface area contributed by atoms with Gasteiger partial charge in [0.1, 0.15) is 0 Å². The molecule has 200 valence electrons. The van der Waals surface area contributed by atoms with E-state index in [1.165, 1.54) is 35.4 Å². The van der Waals surface area contributed by atoms with Crippen molar-refractivity contribution in [2.45, 2.75) is 47.7 Å². The van der Waals surface area contributed by atoms with Crippen molar-refractivity contribution >= 4 is 43.2 Å². The van der Waals surface area contributed by atoms with Crippen LogP contribution in [-0.2, 0) is 15.6 Å². The van der Waals surface area contributed by atoms with Crippen LogP contribution in [0.4, 0.5) is 13.2 Å². The van der Waals surface area contributed by atoms with Gasteiger partial charge >= 0.3 is 6.18 Å². The quantitative estimate of drug-likeness (QED) is 0.230. The van der Waals surface area contributed by atoms with Gasteiger partial charge in [0, 0.05) is 26.2 Å². The first-order chi connectivity index (χ1) is 17.9. The number of aromatic nitrogens is 1. The van der Waals surface area contributed by atoms with Crippen LogP contribution in [0.1, 0.15) is 41.8 Å². The maximum absolute atomic E-state index is 13.5. The number of pyridine rings is 1. The lowest BCUT2D eigenvalue weighted by Gasteiger charge is -2.26. The van der Waals surface area contributed by atoms with Crippen molar-refractivity contribution in [3.63, 3.8) is 0 Å². The second kappa shape index (κ2) is 9.95. The number of hydrogen-bond donors (Lipinski definition) is 2. The maximum atomic E-state index is 13.5. The van der Waals surface area contributed by atoms with Crippen LogP contribution in [0.25, 0.3) is 21.3 Å². The summed E-state index contributed by atoms with van der Waals surface area (Å²) < 4.78 is 70.2. The smallest absolute Gasteiger partial charge is 0.376 e. The van der Waals surface area contributed by atoms with Crippen molar-refractivity contribution in [1.82, 2.24) is 9.71 Å². The van der Waals surface area contributed by atoms with Gasteiger partial charge in [-0.15, -0.1) is 23.1 Å². The highest BCUT2D eigenvalue weighted by Gasteiger charge is 2.51. The topological polar surface area (TPSA) is 79.3 Å². The number of nitrogens with one attached hydrogen (secondary N) is 1. The van der Waals surface area contributed by atoms with E-state index >= 15 is 0 Å². The number of halogens is 3. The fraction of sp³-hybridized carbons (Fsp3) is 0.296. The Morgan fingerprint density at radius 2 is 1.84 bits per heavy atom. The van der Waals surface area contributed by atoms with E-state index in [2.05, 4.69) is 9.71 Å². The van der Waals surface area contributed by atoms with Crippen LogP contribution in [0, 0.1) is 0 Å². The number of thioether (sulfide) groups is 1. The number of alkyl halides is 3. The molecule has 0 aliphatic heterocycles. The largest absolute Gasteiger partial charge is 0.421 e. The van der Waals surface area contributed by atoms with E-state index in [-0.39, 0.29) is 11.3 Å². The van der Waals surface area contributed by atoms with Crippen molar-refractivity contribution in [2.24, 2.45) is 0 Å². The Morgan fingerprint density at radius 1 is 1.11 bits per heavy atom. The van der Waals surface area contributed by atoms with Crippen LogP contribution < -0.4 is 4.72 Å². The van der Waals surface area contributed by atoms with Gasteiger partial charge in [0.2, 0.25) is 10.0 Å². The second-order valence-corrected chi connectivity index (χ2v) is 13.3. The number of nitrogens with zero attached hydrogens (tertiary/aromatic N) is 1. The van der Waals surface area contributed by atoms with Crippen LogP contribution in [0.3, 0.4) is 0 Å². The standard InChI is InChI=1S/C27H25F3N2O3S3/c1-26(33,27(28,29)30)17-12-13-31-21(15-17)19-8-5-6-16-14-23(37-25(16)19)24(32-38(34,35)18-10-11-18)20-7-3-4-9-22(20)36-2/h3-9,12-15,18,24,32-33H,10-11H2,1-2H3/t24?,26-/m0/s1. The van der Waals surface area contributed by atoms with Crippen LogP contribution in [0.15, 0.2) is 71.8 Å². The number of hydrogen-bond acceptors (Lipinski definition) is 6. The highest BCUT2D eigenvalue weighted by molar-refractivity contribution is 7.98. The minimum absolute atomic E-state index is 0.283. The molecular weight excluding hydrogens is 554 g/mol. The van der Waals surface area contributed by atoms with E-state index in [4.69, 9.17) is 0 Å². The van der Waals surface area contributed by atoms with Crippen molar-refractivity contribution in [3.8, 4) is 11.3 Å². The first-order valence-corrected chi connectivity index (χ1v) is 15.4. The third-order valence-electron chi connectivity index (χ3n) is 6.69. The summed E-state index contributed by atoms with van der Waals surface area (Å²) in [6, 6.07) is 16.7. The summed E-state index contributed by atoms with van der Waals surface area (Å²) in [5.41, 5.74) is -1.63. The Kier molecular flexibility index (Phi) is 7.10. The van der Waals surface area contributed by atoms with Gasteiger partial charge in [0.15, 0.2) is 5.60 Å². The van der Waals surface area contributed by atoms with Gasteiger partial charge in [-0.3, -0.25) is 4.98 Å². The molecule has 38 heavy (non-hydrogen) atoms. The Balaban J connectivity index is 1.63. The summed E-state index contributed by atoms with van der Waals surface area (Å²) >= 11 is 2.90. The molecule has 1 saturated carbocycles. The molecule has 2 aromatic heterocycles. The Labute approximate surface area is 227 Å². The van der Waals surface area contributed by atoms with Crippen molar-refractivity contribution in [1.29, 1.82) is 0 Å². The number of sulfonamides is 1. The summed E-state index contributed by atoms with van der Waals surface area (Å²) in [7, 11) is -3.54. The van der Waals surface area contributed by atoms with Gasteiger partial charge in [-0.1, -0.05) is 36.4 Å². The summed E-state index contributed by atoms with van der Waals surface area (Å²) in [6.07, 6.45) is -0.411. The predicted molar refractivity (Wildman–Crippen MR) is 146 cm³/mol. The van der Waals surface area contributed by atoms with E-state index in [9.17, 15) is 26.7 Å². The Morgan fingerprint density at radius 3 is 2.53 bits per heavy atom. The summed E-state index contributed by atoms with van der Waals surface area (Å²) in [5.74, 6) is 0. The molecule has 1 unspecified atom stereocenters. The molecule has 0 radical (unpaired) electrons. The molecular formula is C27H25F3N2O3S3. The Bertz CT molecular complexity index is 1600. The van der Waals surface area contributed by atoms with Crippen LogP contribution in [0.2, 0.25) is 0 Å². The summed E-state index contributed by atoms with van der Waals surface area (Å²) in [6.45, 7) is 0.718. The first kappa shape index (κ1) is 27.1. The maximum Gasteiger partial charge on any atom is 0.421 e. The van der Waals surface area contributed by atoms with E-state index < -0.39 is 33.1 Å². The molecule has 0 saturated heterocycles. The zero-order chi connectivity index (χ0) is 27.3. The first-order valence-electron chi connectivity index (χ1n) is 11.8. The lowest BCUT2D eigenvalue weighted by molar-refractivity contribution is -0.258. The molecule has 2 atom stereocenters. The zero-order valence-electron chi connectivity index (χ0n) is 20.5. The van der Waals surface area contributed by atoms with E-state index in [0.717, 1.165) is 38.4 Å². The number of thiophene rings is 1. The number of fused-ring (bicyclic) bond motifs is 1.